The average Bonchev–Trinajstić information content (AvgIpc) is 2.50. The first-order valence-corrected chi connectivity index (χ1v) is 6.05. The number of aliphatic hydroxyl groups excluding tert-OH is 1. The molecule has 1 saturated carbocycles. The van der Waals surface area contributed by atoms with E-state index in [1.165, 1.54) is 14.2 Å². The Morgan fingerprint density at radius 1 is 1.19 bits per heavy atom. The van der Waals surface area contributed by atoms with Crippen molar-refractivity contribution >= 4 is 46.4 Å². The van der Waals surface area contributed by atoms with Crippen molar-refractivity contribution in [3.8, 4) is 0 Å². The molecule has 0 heterocycles. The van der Waals surface area contributed by atoms with E-state index >= 15 is 0 Å². The molecule has 0 spiro atoms. The summed E-state index contributed by atoms with van der Waals surface area (Å²) in [4.78, 5) is -2.72. The van der Waals surface area contributed by atoms with Gasteiger partial charge in [0.15, 0.2) is 4.87 Å². The fourth-order valence-electron chi connectivity index (χ4n) is 2.61. The quantitative estimate of drug-likeness (QED) is 0.629. The van der Waals surface area contributed by atoms with Gasteiger partial charge < -0.3 is 14.6 Å². The maximum Gasteiger partial charge on any atom is 0.219 e. The lowest BCUT2D eigenvalue weighted by Crippen LogP contribution is -2.57. The molecule has 1 fully saturated rings. The summed E-state index contributed by atoms with van der Waals surface area (Å²) in [6.45, 7) is 0. The van der Waals surface area contributed by atoms with Crippen LogP contribution < -0.4 is 0 Å². The average molecular weight is 308 g/mol. The van der Waals surface area contributed by atoms with Crippen molar-refractivity contribution in [2.45, 2.75) is 28.1 Å². The van der Waals surface area contributed by atoms with Gasteiger partial charge in [0.25, 0.3) is 0 Å². The second-order valence-electron chi connectivity index (χ2n) is 3.89. The van der Waals surface area contributed by atoms with Gasteiger partial charge in [-0.15, -0.1) is 23.2 Å². The van der Waals surface area contributed by atoms with Gasteiger partial charge in [0.2, 0.25) is 5.79 Å². The largest absolute Gasteiger partial charge is 0.391 e. The monoisotopic (exact) mass is 306 g/mol. The fourth-order valence-corrected chi connectivity index (χ4v) is 4.55. The molecule has 2 aliphatic carbocycles. The third-order valence-corrected chi connectivity index (χ3v) is 5.94. The Hall–Kier alpha value is 0.780. The van der Waals surface area contributed by atoms with E-state index in [4.69, 9.17) is 55.9 Å². The molecule has 3 atom stereocenters. The highest BCUT2D eigenvalue weighted by molar-refractivity contribution is 6.52. The molecule has 0 unspecified atom stereocenters. The number of ether oxygens (including phenoxy) is 2. The predicted octanol–water partition coefficient (Wildman–Crippen LogP) is 2.40. The minimum absolute atomic E-state index is 0.0771. The zero-order valence-corrected chi connectivity index (χ0v) is 11.6. The Morgan fingerprint density at radius 2 is 1.69 bits per heavy atom. The van der Waals surface area contributed by atoms with Crippen LogP contribution in [0.4, 0.5) is 0 Å². The first-order valence-electron chi connectivity index (χ1n) is 4.54. The summed E-state index contributed by atoms with van der Waals surface area (Å²) < 4.78 is 10.6. The van der Waals surface area contributed by atoms with Gasteiger partial charge in [-0.05, 0) is 0 Å². The summed E-state index contributed by atoms with van der Waals surface area (Å²) in [7, 11) is 2.77. The van der Waals surface area contributed by atoms with Crippen LogP contribution in [-0.4, -0.2) is 41.0 Å². The number of halogens is 4. The highest BCUT2D eigenvalue weighted by atomic mass is 35.5. The molecule has 1 N–H and O–H groups in total. The molecule has 92 valence electrons. The zero-order chi connectivity index (χ0) is 12.4. The van der Waals surface area contributed by atoms with E-state index in [1.807, 2.05) is 0 Å². The van der Waals surface area contributed by atoms with Gasteiger partial charge >= 0.3 is 0 Å². The van der Waals surface area contributed by atoms with Crippen LogP contribution in [0.25, 0.3) is 0 Å². The van der Waals surface area contributed by atoms with Crippen molar-refractivity contribution in [3.63, 3.8) is 0 Å². The van der Waals surface area contributed by atoms with Crippen molar-refractivity contribution in [2.24, 2.45) is 0 Å². The second-order valence-corrected chi connectivity index (χ2v) is 5.88. The summed E-state index contributed by atoms with van der Waals surface area (Å²) in [6.07, 6.45) is -0.865. The molecule has 0 radical (unpaired) electrons. The molecule has 0 saturated heterocycles. The Balaban J connectivity index is 2.70. The van der Waals surface area contributed by atoms with Crippen molar-refractivity contribution in [3.05, 3.63) is 10.1 Å². The Kier molecular flexibility index (Phi) is 3.01. The number of rotatable bonds is 2. The Labute approximate surface area is 113 Å². The number of alkyl halides is 2. The summed E-state index contributed by atoms with van der Waals surface area (Å²) in [6, 6.07) is 0. The summed E-state index contributed by atoms with van der Waals surface area (Å²) in [5.74, 6) is -1.46. The third kappa shape index (κ3) is 1.05. The van der Waals surface area contributed by atoms with Crippen LogP contribution in [0.15, 0.2) is 10.1 Å². The minimum Gasteiger partial charge on any atom is -0.391 e. The SMILES string of the molecule is COC1(OC)[C@]2(Cl)C[C@@H](O)[C@@]1(Cl)C(Cl)=C2Cl. The molecule has 2 aliphatic rings. The van der Waals surface area contributed by atoms with Gasteiger partial charge in [-0.1, -0.05) is 23.2 Å². The van der Waals surface area contributed by atoms with Gasteiger partial charge in [0.1, 0.15) is 4.87 Å². The molecule has 3 nitrogen and oxygen atoms in total. The van der Waals surface area contributed by atoms with Gasteiger partial charge in [0, 0.05) is 20.6 Å². The van der Waals surface area contributed by atoms with Crippen LogP contribution in [-0.2, 0) is 9.47 Å². The summed E-state index contributed by atoms with van der Waals surface area (Å²) >= 11 is 24.8. The van der Waals surface area contributed by atoms with Crippen LogP contribution in [0, 0.1) is 0 Å². The first-order chi connectivity index (χ1) is 7.31. The number of methoxy groups -OCH3 is 2. The van der Waals surface area contributed by atoms with E-state index < -0.39 is 21.6 Å². The smallest absolute Gasteiger partial charge is 0.219 e. The normalized spacial score (nSPS) is 45.6. The molecule has 2 rings (SSSR count). The van der Waals surface area contributed by atoms with Gasteiger partial charge in [-0.3, -0.25) is 0 Å². The van der Waals surface area contributed by atoms with Crippen molar-refractivity contribution in [1.82, 2.24) is 0 Å². The highest BCUT2D eigenvalue weighted by Gasteiger charge is 2.81. The maximum absolute atomic E-state index is 9.98. The molecule has 0 aliphatic heterocycles. The van der Waals surface area contributed by atoms with Crippen molar-refractivity contribution < 1.29 is 14.6 Å². The topological polar surface area (TPSA) is 38.7 Å². The van der Waals surface area contributed by atoms with Crippen LogP contribution >= 0.6 is 46.4 Å². The lowest BCUT2D eigenvalue weighted by Gasteiger charge is -2.40. The predicted molar refractivity (Wildman–Crippen MR) is 63.3 cm³/mol. The molecular weight excluding hydrogens is 298 g/mol. The standard InChI is InChI=1S/C9H10Cl4O3/c1-15-9(16-2)7(12)3-4(14)8(9,13)6(11)5(7)10/h4,14H,3H2,1-2H3/t4-,7+,8-/m1/s1. The van der Waals surface area contributed by atoms with E-state index in [-0.39, 0.29) is 16.5 Å². The fraction of sp³-hybridized carbons (Fsp3) is 0.778. The van der Waals surface area contributed by atoms with Crippen LogP contribution in [0.5, 0.6) is 0 Å². The van der Waals surface area contributed by atoms with E-state index in [0.717, 1.165) is 0 Å². The van der Waals surface area contributed by atoms with Gasteiger partial charge in [-0.2, -0.15) is 0 Å². The van der Waals surface area contributed by atoms with Crippen LogP contribution in [0.3, 0.4) is 0 Å². The molecule has 0 aromatic rings. The number of fused-ring (bicyclic) bond motifs is 2. The Morgan fingerprint density at radius 3 is 2.00 bits per heavy atom. The highest BCUT2D eigenvalue weighted by Crippen LogP contribution is 2.69. The lowest BCUT2D eigenvalue weighted by molar-refractivity contribution is -0.220. The molecule has 0 aromatic heterocycles. The zero-order valence-electron chi connectivity index (χ0n) is 8.56. The maximum atomic E-state index is 9.98. The Bertz CT molecular complexity index is 368. The van der Waals surface area contributed by atoms with E-state index in [2.05, 4.69) is 0 Å². The molecule has 7 heteroatoms. The van der Waals surface area contributed by atoms with E-state index in [1.54, 1.807) is 0 Å². The van der Waals surface area contributed by atoms with Gasteiger partial charge in [-0.25, -0.2) is 0 Å². The molecule has 2 bridgehead atoms. The summed E-state index contributed by atoms with van der Waals surface area (Å²) in [5, 5.41) is 10.2. The third-order valence-electron chi connectivity index (χ3n) is 3.37. The number of hydrogen-bond acceptors (Lipinski definition) is 3. The summed E-state index contributed by atoms with van der Waals surface area (Å²) in [5.41, 5.74) is 0. The van der Waals surface area contributed by atoms with Crippen LogP contribution in [0.2, 0.25) is 0 Å². The van der Waals surface area contributed by atoms with Crippen molar-refractivity contribution in [1.29, 1.82) is 0 Å². The molecule has 0 aromatic carbocycles. The first kappa shape index (κ1) is 13.2. The van der Waals surface area contributed by atoms with E-state index in [0.29, 0.717) is 0 Å². The van der Waals surface area contributed by atoms with Crippen molar-refractivity contribution in [2.75, 3.05) is 14.2 Å². The molecular formula is C9H10Cl4O3. The minimum atomic E-state index is -1.46. The number of hydrogen-bond donors (Lipinski definition) is 1. The van der Waals surface area contributed by atoms with E-state index in [9.17, 15) is 5.11 Å². The number of aliphatic hydroxyl groups is 1. The van der Waals surface area contributed by atoms with Crippen LogP contribution in [0.1, 0.15) is 6.42 Å². The van der Waals surface area contributed by atoms with Gasteiger partial charge in [0.05, 0.1) is 16.2 Å². The molecule has 0 amide bonds. The lowest BCUT2D eigenvalue weighted by atomic mass is 10.0. The molecule has 16 heavy (non-hydrogen) atoms. The second kappa shape index (κ2) is 3.64.